The van der Waals surface area contributed by atoms with Crippen molar-refractivity contribution < 1.29 is 9.50 Å². The van der Waals surface area contributed by atoms with Crippen LogP contribution in [0.25, 0.3) is 0 Å². The molecule has 0 aromatic heterocycles. The molecular weight excluding hydrogens is 269 g/mol. The normalized spacial score (nSPS) is 18.2. The minimum Gasteiger partial charge on any atom is -0.396 e. The van der Waals surface area contributed by atoms with E-state index in [4.69, 9.17) is 5.26 Å². The zero-order valence-corrected chi connectivity index (χ0v) is 12.6. The van der Waals surface area contributed by atoms with Crippen LogP contribution in [-0.4, -0.2) is 42.8 Å². The zero-order chi connectivity index (χ0) is 15.5. The van der Waals surface area contributed by atoms with Gasteiger partial charge in [0.25, 0.3) is 0 Å². The van der Waals surface area contributed by atoms with E-state index in [9.17, 15) is 9.50 Å². The van der Waals surface area contributed by atoms with Crippen LogP contribution in [0.4, 0.5) is 4.39 Å². The Morgan fingerprint density at radius 2 is 2.10 bits per heavy atom. The molecule has 4 nitrogen and oxygen atoms in total. The topological polar surface area (TPSA) is 59.3 Å². The van der Waals surface area contributed by atoms with Crippen molar-refractivity contribution in [1.29, 1.82) is 5.26 Å². The number of aliphatic hydroxyl groups is 1. The number of nitrogens with zero attached hydrogens (tertiary/aromatic N) is 2. The summed E-state index contributed by atoms with van der Waals surface area (Å²) >= 11 is 0. The number of hydrogen-bond acceptors (Lipinski definition) is 4. The Balaban J connectivity index is 2.42. The lowest BCUT2D eigenvalue weighted by atomic mass is 9.79. The first kappa shape index (κ1) is 15.9. The van der Waals surface area contributed by atoms with Crippen molar-refractivity contribution in [3.05, 3.63) is 35.1 Å². The lowest BCUT2D eigenvalue weighted by Gasteiger charge is -2.43. The Bertz CT molecular complexity index is 533. The summed E-state index contributed by atoms with van der Waals surface area (Å²) in [6.07, 6.45) is 0. The van der Waals surface area contributed by atoms with Crippen molar-refractivity contribution in [2.45, 2.75) is 19.9 Å². The molecule has 1 aromatic rings. The van der Waals surface area contributed by atoms with Crippen LogP contribution >= 0.6 is 0 Å². The lowest BCUT2D eigenvalue weighted by Crippen LogP contribution is -2.49. The molecule has 1 heterocycles. The highest BCUT2D eigenvalue weighted by Gasteiger charge is 2.35. The number of piperazine rings is 1. The average Bonchev–Trinajstić information content (AvgIpc) is 2.50. The van der Waals surface area contributed by atoms with Crippen molar-refractivity contribution in [2.24, 2.45) is 5.41 Å². The van der Waals surface area contributed by atoms with Gasteiger partial charge in [0.2, 0.25) is 0 Å². The van der Waals surface area contributed by atoms with Gasteiger partial charge < -0.3 is 10.4 Å². The molecule has 1 atom stereocenters. The Morgan fingerprint density at radius 3 is 2.67 bits per heavy atom. The van der Waals surface area contributed by atoms with Gasteiger partial charge in [0, 0.05) is 44.2 Å². The maximum absolute atomic E-state index is 13.6. The van der Waals surface area contributed by atoms with E-state index < -0.39 is 5.82 Å². The number of hydrogen-bond donors (Lipinski definition) is 2. The predicted molar refractivity (Wildman–Crippen MR) is 79.2 cm³/mol. The Morgan fingerprint density at radius 1 is 1.43 bits per heavy atom. The molecular formula is C16H22FN3O. The van der Waals surface area contributed by atoms with E-state index in [-0.39, 0.29) is 23.6 Å². The Hall–Kier alpha value is -1.48. The summed E-state index contributed by atoms with van der Waals surface area (Å²) < 4.78 is 13.6. The van der Waals surface area contributed by atoms with Crippen molar-refractivity contribution in [3.8, 4) is 6.07 Å². The van der Waals surface area contributed by atoms with E-state index >= 15 is 0 Å². The minimum atomic E-state index is -0.498. The van der Waals surface area contributed by atoms with E-state index in [1.165, 1.54) is 6.07 Å². The summed E-state index contributed by atoms with van der Waals surface area (Å²) in [6.45, 7) is 7.54. The molecule has 0 spiro atoms. The van der Waals surface area contributed by atoms with Crippen LogP contribution in [0.5, 0.6) is 0 Å². The van der Waals surface area contributed by atoms with E-state index in [1.807, 2.05) is 19.9 Å². The maximum atomic E-state index is 13.6. The molecule has 1 aliphatic heterocycles. The fourth-order valence-corrected chi connectivity index (χ4v) is 2.98. The smallest absolute Gasteiger partial charge is 0.140 e. The summed E-state index contributed by atoms with van der Waals surface area (Å²) in [4.78, 5) is 2.29. The lowest BCUT2D eigenvalue weighted by molar-refractivity contribution is 0.0305. The quantitative estimate of drug-likeness (QED) is 0.886. The van der Waals surface area contributed by atoms with E-state index in [0.717, 1.165) is 31.7 Å². The van der Waals surface area contributed by atoms with Crippen LogP contribution in [-0.2, 0) is 0 Å². The van der Waals surface area contributed by atoms with E-state index in [2.05, 4.69) is 10.2 Å². The number of nitriles is 1. The molecule has 2 rings (SSSR count). The highest BCUT2D eigenvalue weighted by molar-refractivity contribution is 5.36. The summed E-state index contributed by atoms with van der Waals surface area (Å²) in [5.41, 5.74) is 0.567. The molecule has 0 amide bonds. The summed E-state index contributed by atoms with van der Waals surface area (Å²) in [7, 11) is 0. The fourth-order valence-electron chi connectivity index (χ4n) is 2.98. The average molecular weight is 291 g/mol. The van der Waals surface area contributed by atoms with Gasteiger partial charge in [0.1, 0.15) is 11.9 Å². The summed E-state index contributed by atoms with van der Waals surface area (Å²) in [5.74, 6) is -0.498. The molecule has 0 aliphatic carbocycles. The van der Waals surface area contributed by atoms with Crippen molar-refractivity contribution in [3.63, 3.8) is 0 Å². The summed E-state index contributed by atoms with van der Waals surface area (Å²) in [5, 5.41) is 22.1. The van der Waals surface area contributed by atoms with Gasteiger partial charge in [-0.25, -0.2) is 4.39 Å². The predicted octanol–water partition coefficient (Wildman–Crippen LogP) is 1.66. The third kappa shape index (κ3) is 3.41. The third-order valence-electron chi connectivity index (χ3n) is 4.09. The molecule has 21 heavy (non-hydrogen) atoms. The Labute approximate surface area is 125 Å². The molecule has 1 aromatic carbocycles. The number of halogens is 1. The van der Waals surface area contributed by atoms with Gasteiger partial charge in [0.05, 0.1) is 5.56 Å². The largest absolute Gasteiger partial charge is 0.396 e. The van der Waals surface area contributed by atoms with Crippen molar-refractivity contribution in [2.75, 3.05) is 32.8 Å². The second-order valence-corrected chi connectivity index (χ2v) is 6.19. The van der Waals surface area contributed by atoms with Gasteiger partial charge in [-0.05, 0) is 17.7 Å². The molecule has 2 N–H and O–H groups in total. The van der Waals surface area contributed by atoms with Gasteiger partial charge in [0.15, 0.2) is 0 Å². The molecule has 1 saturated heterocycles. The first-order valence-electron chi connectivity index (χ1n) is 7.25. The molecule has 5 heteroatoms. The first-order valence-corrected chi connectivity index (χ1v) is 7.25. The minimum absolute atomic E-state index is 0.0286. The molecule has 0 unspecified atom stereocenters. The number of aliphatic hydroxyl groups excluding tert-OH is 1. The molecule has 0 bridgehead atoms. The highest BCUT2D eigenvalue weighted by atomic mass is 19.1. The molecule has 0 radical (unpaired) electrons. The molecule has 1 aliphatic rings. The van der Waals surface area contributed by atoms with Gasteiger partial charge >= 0.3 is 0 Å². The zero-order valence-electron chi connectivity index (χ0n) is 12.6. The standard InChI is InChI=1S/C16H22FN3O/c1-16(2,11-21)15(20-7-5-19-6-8-20)12-3-4-14(17)13(9-12)10-18/h3-4,9,15,19,21H,5-8,11H2,1-2H3/t15-/m1/s1. The van der Waals surface area contributed by atoms with Crippen molar-refractivity contribution >= 4 is 0 Å². The number of benzene rings is 1. The monoisotopic (exact) mass is 291 g/mol. The van der Waals surface area contributed by atoms with E-state index in [0.29, 0.717) is 0 Å². The van der Waals surface area contributed by atoms with Crippen LogP contribution < -0.4 is 5.32 Å². The first-order chi connectivity index (χ1) is 9.99. The van der Waals surface area contributed by atoms with Crippen molar-refractivity contribution in [1.82, 2.24) is 10.2 Å². The number of rotatable bonds is 4. The van der Waals surface area contributed by atoms with Gasteiger partial charge in [-0.1, -0.05) is 19.9 Å². The van der Waals surface area contributed by atoms with Crippen LogP contribution in [0.1, 0.15) is 31.0 Å². The third-order valence-corrected chi connectivity index (χ3v) is 4.09. The maximum Gasteiger partial charge on any atom is 0.140 e. The van der Waals surface area contributed by atoms with Gasteiger partial charge in [-0.2, -0.15) is 5.26 Å². The SMILES string of the molecule is CC(C)(CO)[C@@H](c1ccc(F)c(C#N)c1)N1CCNCC1. The Kier molecular flexibility index (Phi) is 4.94. The second kappa shape index (κ2) is 6.52. The van der Waals surface area contributed by atoms with Gasteiger partial charge in [-0.3, -0.25) is 4.90 Å². The highest BCUT2D eigenvalue weighted by Crippen LogP contribution is 2.38. The molecule has 0 saturated carbocycles. The molecule has 114 valence electrons. The summed E-state index contributed by atoms with van der Waals surface area (Å²) in [6, 6.07) is 6.53. The van der Waals surface area contributed by atoms with E-state index in [1.54, 1.807) is 12.1 Å². The van der Waals surface area contributed by atoms with Crippen LogP contribution in [0.2, 0.25) is 0 Å². The second-order valence-electron chi connectivity index (χ2n) is 6.19. The van der Waals surface area contributed by atoms with Crippen LogP contribution in [0.15, 0.2) is 18.2 Å². The molecule has 1 fully saturated rings. The fraction of sp³-hybridized carbons (Fsp3) is 0.562. The number of nitrogens with one attached hydrogen (secondary N) is 1. The van der Waals surface area contributed by atoms with Crippen LogP contribution in [0.3, 0.4) is 0 Å². The van der Waals surface area contributed by atoms with Gasteiger partial charge in [-0.15, -0.1) is 0 Å². The van der Waals surface area contributed by atoms with Crippen LogP contribution in [0, 0.1) is 22.6 Å².